The zero-order valence-corrected chi connectivity index (χ0v) is 14.7. The van der Waals surface area contributed by atoms with Gasteiger partial charge in [-0.15, -0.1) is 0 Å². The van der Waals surface area contributed by atoms with Crippen molar-refractivity contribution in [3.8, 4) is 0 Å². The van der Waals surface area contributed by atoms with Gasteiger partial charge in [0, 0.05) is 18.8 Å². The molecule has 3 amide bonds. The minimum absolute atomic E-state index is 0.0112. The molecule has 1 aromatic heterocycles. The van der Waals surface area contributed by atoms with E-state index in [-0.39, 0.29) is 29.3 Å². The van der Waals surface area contributed by atoms with Gasteiger partial charge >= 0.3 is 11.8 Å². The lowest BCUT2D eigenvalue weighted by Crippen LogP contribution is -2.55. The maximum absolute atomic E-state index is 12.7. The fourth-order valence-corrected chi connectivity index (χ4v) is 3.80. The standard InChI is InChI=1S/C18H24N4O4/c1-10-2-3-15(11-5-14(23)6-11)22(9-10)18(26)17(25)21-13-4-12(16(19)24)7-20-8-13/h4,7-8,10-11,14-15,23H,2-3,5-6,9H2,1H3,(H2,19,24)(H,21,25)/t10-,11?,14?,15+/m0/s1. The smallest absolute Gasteiger partial charge is 0.313 e. The number of carbonyl (C=O) groups excluding carboxylic acids is 3. The van der Waals surface area contributed by atoms with E-state index in [2.05, 4.69) is 17.2 Å². The molecular weight excluding hydrogens is 336 g/mol. The molecule has 2 atom stereocenters. The molecule has 1 saturated carbocycles. The summed E-state index contributed by atoms with van der Waals surface area (Å²) in [6.45, 7) is 2.59. The Balaban J connectivity index is 1.70. The largest absolute Gasteiger partial charge is 0.393 e. The molecule has 26 heavy (non-hydrogen) atoms. The van der Waals surface area contributed by atoms with Gasteiger partial charge in [-0.3, -0.25) is 19.4 Å². The maximum atomic E-state index is 12.7. The Hall–Kier alpha value is -2.48. The van der Waals surface area contributed by atoms with Gasteiger partial charge in [0.2, 0.25) is 5.91 Å². The number of aromatic nitrogens is 1. The number of piperidine rings is 1. The Labute approximate surface area is 151 Å². The SMILES string of the molecule is C[C@H]1CC[C@H](C2CC(O)C2)N(C(=O)C(=O)Nc2cncc(C(N)=O)c2)C1. The molecule has 0 radical (unpaired) electrons. The molecule has 3 rings (SSSR count). The van der Waals surface area contributed by atoms with Crippen molar-refractivity contribution < 1.29 is 19.5 Å². The van der Waals surface area contributed by atoms with Crippen LogP contribution in [0.15, 0.2) is 18.5 Å². The molecule has 2 fully saturated rings. The average Bonchev–Trinajstić information content (AvgIpc) is 2.58. The highest BCUT2D eigenvalue weighted by Gasteiger charge is 2.42. The number of anilines is 1. The zero-order chi connectivity index (χ0) is 18.8. The van der Waals surface area contributed by atoms with Crippen LogP contribution in [0.25, 0.3) is 0 Å². The van der Waals surface area contributed by atoms with Crippen LogP contribution in [0.1, 0.15) is 43.0 Å². The van der Waals surface area contributed by atoms with Crippen molar-refractivity contribution in [1.82, 2.24) is 9.88 Å². The van der Waals surface area contributed by atoms with Gasteiger partial charge in [-0.05, 0) is 43.6 Å². The van der Waals surface area contributed by atoms with E-state index in [0.717, 1.165) is 12.8 Å². The van der Waals surface area contributed by atoms with Gasteiger partial charge in [0.05, 0.1) is 23.6 Å². The van der Waals surface area contributed by atoms with Gasteiger partial charge in [-0.2, -0.15) is 0 Å². The van der Waals surface area contributed by atoms with E-state index < -0.39 is 17.7 Å². The van der Waals surface area contributed by atoms with Crippen LogP contribution < -0.4 is 11.1 Å². The number of carbonyl (C=O) groups is 3. The topological polar surface area (TPSA) is 126 Å². The summed E-state index contributed by atoms with van der Waals surface area (Å²) in [5, 5.41) is 12.1. The number of aliphatic hydroxyl groups is 1. The van der Waals surface area contributed by atoms with Gasteiger partial charge in [-0.25, -0.2) is 0 Å². The maximum Gasteiger partial charge on any atom is 0.313 e. The van der Waals surface area contributed by atoms with E-state index in [1.54, 1.807) is 4.90 Å². The molecule has 0 aromatic carbocycles. The van der Waals surface area contributed by atoms with E-state index in [1.807, 2.05) is 0 Å². The predicted molar refractivity (Wildman–Crippen MR) is 94.0 cm³/mol. The Morgan fingerprint density at radius 3 is 2.65 bits per heavy atom. The fraction of sp³-hybridized carbons (Fsp3) is 0.556. The van der Waals surface area contributed by atoms with Crippen LogP contribution >= 0.6 is 0 Å². The second-order valence-corrected chi connectivity index (χ2v) is 7.37. The number of hydrogen-bond acceptors (Lipinski definition) is 5. The summed E-state index contributed by atoms with van der Waals surface area (Å²) in [4.78, 5) is 41.9. The lowest BCUT2D eigenvalue weighted by Gasteiger charge is -2.47. The predicted octanol–water partition coefficient (Wildman–Crippen LogP) is 0.517. The number of nitrogens with zero attached hydrogens (tertiary/aromatic N) is 2. The van der Waals surface area contributed by atoms with Gasteiger partial charge in [0.25, 0.3) is 0 Å². The molecule has 140 valence electrons. The van der Waals surface area contributed by atoms with Crippen LogP contribution in [0.4, 0.5) is 5.69 Å². The second-order valence-electron chi connectivity index (χ2n) is 7.37. The van der Waals surface area contributed by atoms with E-state index in [0.29, 0.717) is 25.3 Å². The van der Waals surface area contributed by atoms with E-state index in [4.69, 9.17) is 5.73 Å². The molecule has 8 heteroatoms. The van der Waals surface area contributed by atoms with Crippen LogP contribution in [-0.4, -0.2) is 51.4 Å². The van der Waals surface area contributed by atoms with Crippen molar-refractivity contribution in [1.29, 1.82) is 0 Å². The number of rotatable bonds is 3. The summed E-state index contributed by atoms with van der Waals surface area (Å²) in [5.41, 5.74) is 5.61. The monoisotopic (exact) mass is 360 g/mol. The molecule has 4 N–H and O–H groups in total. The summed E-state index contributed by atoms with van der Waals surface area (Å²) in [7, 11) is 0. The second kappa shape index (κ2) is 7.41. The molecule has 0 spiro atoms. The lowest BCUT2D eigenvalue weighted by molar-refractivity contribution is -0.149. The third-order valence-electron chi connectivity index (χ3n) is 5.29. The Bertz CT molecular complexity index is 717. The fourth-order valence-electron chi connectivity index (χ4n) is 3.80. The van der Waals surface area contributed by atoms with E-state index in [9.17, 15) is 19.5 Å². The molecule has 1 aromatic rings. The molecule has 1 saturated heterocycles. The van der Waals surface area contributed by atoms with Crippen molar-refractivity contribution in [3.63, 3.8) is 0 Å². The molecule has 2 heterocycles. The summed E-state index contributed by atoms with van der Waals surface area (Å²) >= 11 is 0. The minimum atomic E-state index is -0.757. The highest BCUT2D eigenvalue weighted by atomic mass is 16.3. The van der Waals surface area contributed by atoms with Crippen molar-refractivity contribution in [2.24, 2.45) is 17.6 Å². The number of primary amides is 1. The number of nitrogens with two attached hydrogens (primary N) is 1. The van der Waals surface area contributed by atoms with Crippen LogP contribution in [0.3, 0.4) is 0 Å². The molecule has 1 aliphatic carbocycles. The first kappa shape index (κ1) is 18.3. The van der Waals surface area contributed by atoms with Crippen molar-refractivity contribution in [3.05, 3.63) is 24.0 Å². The Morgan fingerprint density at radius 1 is 1.27 bits per heavy atom. The van der Waals surface area contributed by atoms with Gasteiger partial charge in [0.1, 0.15) is 0 Å². The number of likely N-dealkylation sites (tertiary alicyclic amines) is 1. The van der Waals surface area contributed by atoms with E-state index >= 15 is 0 Å². The normalized spacial score (nSPS) is 28.2. The van der Waals surface area contributed by atoms with Crippen LogP contribution in [0.5, 0.6) is 0 Å². The lowest BCUT2D eigenvalue weighted by atomic mass is 9.73. The van der Waals surface area contributed by atoms with Crippen molar-refractivity contribution in [2.45, 2.75) is 44.8 Å². The van der Waals surface area contributed by atoms with E-state index in [1.165, 1.54) is 18.5 Å². The van der Waals surface area contributed by atoms with Gasteiger partial charge in [-0.1, -0.05) is 6.92 Å². The third-order valence-corrected chi connectivity index (χ3v) is 5.29. The summed E-state index contributed by atoms with van der Waals surface area (Å²) in [5.74, 6) is -1.44. The quantitative estimate of drug-likeness (QED) is 0.678. The first-order chi connectivity index (χ1) is 12.3. The summed E-state index contributed by atoms with van der Waals surface area (Å²) in [6.07, 6.45) is 5.56. The molecule has 0 unspecified atom stereocenters. The van der Waals surface area contributed by atoms with Gasteiger partial charge < -0.3 is 21.1 Å². The van der Waals surface area contributed by atoms with Crippen LogP contribution in [0, 0.1) is 11.8 Å². The first-order valence-corrected chi connectivity index (χ1v) is 8.90. The molecule has 8 nitrogen and oxygen atoms in total. The third kappa shape index (κ3) is 3.85. The molecule has 1 aliphatic heterocycles. The highest BCUT2D eigenvalue weighted by Crippen LogP contribution is 2.38. The Morgan fingerprint density at radius 2 is 2.00 bits per heavy atom. The minimum Gasteiger partial charge on any atom is -0.393 e. The number of hydrogen-bond donors (Lipinski definition) is 3. The van der Waals surface area contributed by atoms with Gasteiger partial charge in [0.15, 0.2) is 0 Å². The average molecular weight is 360 g/mol. The first-order valence-electron chi connectivity index (χ1n) is 8.90. The van der Waals surface area contributed by atoms with Crippen molar-refractivity contribution in [2.75, 3.05) is 11.9 Å². The molecule has 0 bridgehead atoms. The molecule has 2 aliphatic rings. The van der Waals surface area contributed by atoms with Crippen LogP contribution in [-0.2, 0) is 9.59 Å². The number of aliphatic hydroxyl groups excluding tert-OH is 1. The number of pyridine rings is 1. The Kier molecular flexibility index (Phi) is 5.22. The summed E-state index contributed by atoms with van der Waals surface area (Å²) < 4.78 is 0. The zero-order valence-electron chi connectivity index (χ0n) is 14.7. The highest BCUT2D eigenvalue weighted by molar-refractivity contribution is 6.39. The number of nitrogens with one attached hydrogen (secondary N) is 1. The summed E-state index contributed by atoms with van der Waals surface area (Å²) in [6, 6.07) is 1.38. The van der Waals surface area contributed by atoms with Crippen molar-refractivity contribution >= 4 is 23.4 Å². The number of amides is 3. The molecular formula is C18H24N4O4. The van der Waals surface area contributed by atoms with Crippen LogP contribution in [0.2, 0.25) is 0 Å².